The molecule has 0 saturated heterocycles. The maximum Gasteiger partial charge on any atom is 0.0587 e. The van der Waals surface area contributed by atoms with E-state index < -0.39 is 0 Å². The van der Waals surface area contributed by atoms with Crippen LogP contribution in [-0.2, 0) is 4.74 Å². The Balaban J connectivity index is 3.30. The van der Waals surface area contributed by atoms with Gasteiger partial charge in [-0.1, -0.05) is 33.6 Å². The summed E-state index contributed by atoms with van der Waals surface area (Å²) in [5.41, 5.74) is 0. The summed E-state index contributed by atoms with van der Waals surface area (Å²) in [5.74, 6) is 1.66. The molecule has 0 aromatic carbocycles. The molecule has 0 heterocycles. The van der Waals surface area contributed by atoms with Gasteiger partial charge in [0.1, 0.15) is 0 Å². The van der Waals surface area contributed by atoms with Gasteiger partial charge in [-0.05, 0) is 24.8 Å². The van der Waals surface area contributed by atoms with Gasteiger partial charge in [0.25, 0.3) is 0 Å². The van der Waals surface area contributed by atoms with Crippen LogP contribution in [0.25, 0.3) is 0 Å². The van der Waals surface area contributed by atoms with Crippen LogP contribution in [0, 0.1) is 11.8 Å². The number of ether oxygens (including phenoxy) is 1. The van der Waals surface area contributed by atoms with E-state index in [1.54, 1.807) is 7.11 Å². The lowest BCUT2D eigenvalue weighted by Gasteiger charge is -2.17. The van der Waals surface area contributed by atoms with Gasteiger partial charge < -0.3 is 10.1 Å². The molecule has 0 radical (unpaired) electrons. The largest absolute Gasteiger partial charge is 0.383 e. The maximum atomic E-state index is 4.98. The van der Waals surface area contributed by atoms with Crippen molar-refractivity contribution < 1.29 is 4.74 Å². The summed E-state index contributed by atoms with van der Waals surface area (Å²) in [6.07, 6.45) is 4.02. The number of nitrogens with one attached hydrogen (secondary N) is 1. The van der Waals surface area contributed by atoms with Gasteiger partial charge in [-0.2, -0.15) is 0 Å². The molecule has 1 N–H and O–H groups in total. The van der Waals surface area contributed by atoms with Crippen LogP contribution in [0.5, 0.6) is 0 Å². The predicted octanol–water partition coefficient (Wildman–Crippen LogP) is 2.68. The summed E-state index contributed by atoms with van der Waals surface area (Å²) >= 11 is 0. The summed E-state index contributed by atoms with van der Waals surface area (Å²) in [6, 6.07) is 0. The number of hydrogen-bond donors (Lipinski definition) is 1. The number of methoxy groups -OCH3 is 1. The molecule has 0 bridgehead atoms. The van der Waals surface area contributed by atoms with Crippen molar-refractivity contribution in [1.29, 1.82) is 0 Å². The first-order valence-electron chi connectivity index (χ1n) is 5.90. The smallest absolute Gasteiger partial charge is 0.0587 e. The van der Waals surface area contributed by atoms with Crippen LogP contribution in [0.2, 0.25) is 0 Å². The molecule has 2 atom stereocenters. The molecule has 0 aliphatic rings. The standard InChI is InChI=1S/C12H27NO/c1-5-6-11(2)9-12(3)10-13-7-8-14-4/h11-13H,5-10H2,1-4H3. The maximum absolute atomic E-state index is 4.98. The molecule has 0 amide bonds. The zero-order valence-corrected chi connectivity index (χ0v) is 10.3. The first kappa shape index (κ1) is 13.9. The third kappa shape index (κ3) is 8.52. The Labute approximate surface area is 89.4 Å². The van der Waals surface area contributed by atoms with Gasteiger partial charge in [0.15, 0.2) is 0 Å². The van der Waals surface area contributed by atoms with Crippen LogP contribution in [0.4, 0.5) is 0 Å². The van der Waals surface area contributed by atoms with Crippen LogP contribution < -0.4 is 5.32 Å². The van der Waals surface area contributed by atoms with Crippen LogP contribution in [0.1, 0.15) is 40.0 Å². The van der Waals surface area contributed by atoms with E-state index in [2.05, 4.69) is 26.1 Å². The Hall–Kier alpha value is -0.0800. The monoisotopic (exact) mass is 201 g/mol. The van der Waals surface area contributed by atoms with Crippen molar-refractivity contribution in [3.05, 3.63) is 0 Å². The molecule has 0 fully saturated rings. The minimum atomic E-state index is 0.786. The average Bonchev–Trinajstić information content (AvgIpc) is 2.13. The minimum Gasteiger partial charge on any atom is -0.383 e. The van der Waals surface area contributed by atoms with E-state index >= 15 is 0 Å². The molecule has 2 nitrogen and oxygen atoms in total. The zero-order valence-electron chi connectivity index (χ0n) is 10.3. The summed E-state index contributed by atoms with van der Waals surface area (Å²) in [5, 5.41) is 3.41. The van der Waals surface area contributed by atoms with Crippen LogP contribution in [0.15, 0.2) is 0 Å². The van der Waals surface area contributed by atoms with Crippen molar-refractivity contribution in [3.8, 4) is 0 Å². The minimum absolute atomic E-state index is 0.786. The van der Waals surface area contributed by atoms with E-state index in [9.17, 15) is 0 Å². The van der Waals surface area contributed by atoms with Crippen molar-refractivity contribution in [3.63, 3.8) is 0 Å². The summed E-state index contributed by atoms with van der Waals surface area (Å²) in [6.45, 7) is 9.86. The van der Waals surface area contributed by atoms with Crippen LogP contribution in [-0.4, -0.2) is 26.8 Å². The van der Waals surface area contributed by atoms with E-state index in [-0.39, 0.29) is 0 Å². The topological polar surface area (TPSA) is 21.3 Å². The van der Waals surface area contributed by atoms with Gasteiger partial charge in [0.05, 0.1) is 6.61 Å². The number of hydrogen-bond acceptors (Lipinski definition) is 2. The van der Waals surface area contributed by atoms with Crippen molar-refractivity contribution >= 4 is 0 Å². The van der Waals surface area contributed by atoms with Crippen molar-refractivity contribution in [2.24, 2.45) is 11.8 Å². The molecular formula is C12H27NO. The second kappa shape index (κ2) is 9.47. The lowest BCUT2D eigenvalue weighted by molar-refractivity contribution is 0.197. The lowest BCUT2D eigenvalue weighted by Crippen LogP contribution is -2.25. The predicted molar refractivity (Wildman–Crippen MR) is 62.6 cm³/mol. The Morgan fingerprint density at radius 2 is 1.93 bits per heavy atom. The Morgan fingerprint density at radius 1 is 1.21 bits per heavy atom. The average molecular weight is 201 g/mol. The number of rotatable bonds is 9. The van der Waals surface area contributed by atoms with Gasteiger partial charge in [-0.25, -0.2) is 0 Å². The van der Waals surface area contributed by atoms with Crippen molar-refractivity contribution in [1.82, 2.24) is 5.32 Å². The first-order valence-corrected chi connectivity index (χ1v) is 5.90. The molecule has 14 heavy (non-hydrogen) atoms. The zero-order chi connectivity index (χ0) is 10.8. The molecule has 0 aliphatic heterocycles. The second-order valence-electron chi connectivity index (χ2n) is 4.43. The fourth-order valence-electron chi connectivity index (χ4n) is 1.90. The highest BCUT2D eigenvalue weighted by Crippen LogP contribution is 2.15. The van der Waals surface area contributed by atoms with E-state index in [4.69, 9.17) is 4.74 Å². The van der Waals surface area contributed by atoms with Crippen molar-refractivity contribution in [2.75, 3.05) is 26.8 Å². The molecular weight excluding hydrogens is 174 g/mol. The Morgan fingerprint density at radius 3 is 2.50 bits per heavy atom. The van der Waals surface area contributed by atoms with Crippen molar-refractivity contribution in [2.45, 2.75) is 40.0 Å². The highest BCUT2D eigenvalue weighted by molar-refractivity contribution is 4.61. The molecule has 2 heteroatoms. The highest BCUT2D eigenvalue weighted by Gasteiger charge is 2.07. The van der Waals surface area contributed by atoms with Gasteiger partial charge in [0, 0.05) is 13.7 Å². The van der Waals surface area contributed by atoms with E-state index in [1.807, 2.05) is 0 Å². The van der Waals surface area contributed by atoms with E-state index in [0.29, 0.717) is 0 Å². The quantitative estimate of drug-likeness (QED) is 0.579. The van der Waals surface area contributed by atoms with Gasteiger partial charge in [-0.15, -0.1) is 0 Å². The lowest BCUT2D eigenvalue weighted by atomic mass is 9.94. The molecule has 0 aromatic rings. The Kier molecular flexibility index (Phi) is 9.42. The van der Waals surface area contributed by atoms with Gasteiger partial charge >= 0.3 is 0 Å². The fourth-order valence-corrected chi connectivity index (χ4v) is 1.90. The third-order valence-corrected chi connectivity index (χ3v) is 2.56. The third-order valence-electron chi connectivity index (χ3n) is 2.56. The molecule has 0 saturated carbocycles. The Bertz CT molecular complexity index is 117. The fraction of sp³-hybridized carbons (Fsp3) is 1.00. The van der Waals surface area contributed by atoms with Gasteiger partial charge in [-0.3, -0.25) is 0 Å². The molecule has 86 valence electrons. The SMILES string of the molecule is CCCC(C)CC(C)CNCCOC. The summed E-state index contributed by atoms with van der Waals surface area (Å²) in [7, 11) is 1.74. The van der Waals surface area contributed by atoms with E-state index in [0.717, 1.165) is 31.5 Å². The highest BCUT2D eigenvalue weighted by atomic mass is 16.5. The van der Waals surface area contributed by atoms with E-state index in [1.165, 1.54) is 19.3 Å². The first-order chi connectivity index (χ1) is 6.70. The van der Waals surface area contributed by atoms with Gasteiger partial charge in [0.2, 0.25) is 0 Å². The summed E-state index contributed by atoms with van der Waals surface area (Å²) in [4.78, 5) is 0. The normalized spacial score (nSPS) is 15.4. The van der Waals surface area contributed by atoms with Crippen LogP contribution in [0.3, 0.4) is 0 Å². The molecule has 0 rings (SSSR count). The molecule has 0 aromatic heterocycles. The second-order valence-corrected chi connectivity index (χ2v) is 4.43. The van der Waals surface area contributed by atoms with Crippen LogP contribution >= 0.6 is 0 Å². The summed E-state index contributed by atoms with van der Waals surface area (Å²) < 4.78 is 4.98. The molecule has 2 unspecified atom stereocenters. The molecule has 0 spiro atoms. The molecule has 0 aliphatic carbocycles.